The molecule has 6 heteroatoms. The van der Waals surface area contributed by atoms with Crippen molar-refractivity contribution >= 4 is 23.2 Å². The molecule has 0 aliphatic carbocycles. The van der Waals surface area contributed by atoms with Crippen molar-refractivity contribution in [3.63, 3.8) is 0 Å². The van der Waals surface area contributed by atoms with E-state index in [1.165, 1.54) is 0 Å². The lowest BCUT2D eigenvalue weighted by Gasteiger charge is -2.05. The number of fused-ring (bicyclic) bond motifs is 1. The zero-order chi connectivity index (χ0) is 21.0. The third-order valence-electron chi connectivity index (χ3n) is 4.22. The second kappa shape index (κ2) is 11.3. The molecule has 0 unspecified atom stereocenters. The van der Waals surface area contributed by atoms with Crippen LogP contribution < -0.4 is 5.21 Å². The summed E-state index contributed by atoms with van der Waals surface area (Å²) in [4.78, 5) is 11.7. The van der Waals surface area contributed by atoms with Gasteiger partial charge in [-0.3, -0.25) is 0 Å². The minimum Gasteiger partial charge on any atom is -0.492 e. The summed E-state index contributed by atoms with van der Waals surface area (Å²) in [5.74, 6) is -0.302. The molecule has 152 valence electrons. The fourth-order valence-corrected chi connectivity index (χ4v) is 2.86. The Hall–Kier alpha value is -3.80. The number of ether oxygens (including phenoxy) is 1. The SMILES string of the molecule is CCOC(=O)C=[N+](Cc1ccccc1)Cc1ccccc1.c1ccc2n[n-]nc2c1. The molecule has 4 aromatic rings. The second-order valence-electron chi connectivity index (χ2n) is 6.54. The van der Waals surface area contributed by atoms with Crippen molar-refractivity contribution < 1.29 is 14.1 Å². The van der Waals surface area contributed by atoms with Crippen molar-refractivity contribution in [2.45, 2.75) is 20.0 Å². The van der Waals surface area contributed by atoms with Crippen LogP contribution in [-0.4, -0.2) is 33.6 Å². The van der Waals surface area contributed by atoms with Gasteiger partial charge in [0.15, 0.2) is 13.1 Å². The molecule has 30 heavy (non-hydrogen) atoms. The first-order valence-corrected chi connectivity index (χ1v) is 9.79. The van der Waals surface area contributed by atoms with Crippen molar-refractivity contribution in [1.82, 2.24) is 15.4 Å². The zero-order valence-corrected chi connectivity index (χ0v) is 16.9. The van der Waals surface area contributed by atoms with Crippen LogP contribution in [0.2, 0.25) is 0 Å². The zero-order valence-electron chi connectivity index (χ0n) is 16.9. The Labute approximate surface area is 175 Å². The van der Waals surface area contributed by atoms with E-state index in [4.69, 9.17) is 4.74 Å². The Kier molecular flexibility index (Phi) is 7.85. The first kappa shape index (κ1) is 20.9. The van der Waals surface area contributed by atoms with Gasteiger partial charge in [-0.1, -0.05) is 72.8 Å². The predicted molar refractivity (Wildman–Crippen MR) is 116 cm³/mol. The Morgan fingerprint density at radius 3 is 1.77 bits per heavy atom. The molecule has 0 atom stereocenters. The molecule has 6 nitrogen and oxygen atoms in total. The van der Waals surface area contributed by atoms with Crippen LogP contribution in [0.5, 0.6) is 0 Å². The van der Waals surface area contributed by atoms with E-state index in [1.807, 2.05) is 72.2 Å². The maximum atomic E-state index is 11.7. The van der Waals surface area contributed by atoms with Crippen LogP contribution in [-0.2, 0) is 22.6 Å². The maximum Gasteiger partial charge on any atom is 0.395 e. The normalized spacial score (nSPS) is 10.0. The van der Waals surface area contributed by atoms with Crippen molar-refractivity contribution in [2.75, 3.05) is 6.61 Å². The number of benzene rings is 3. The summed E-state index contributed by atoms with van der Waals surface area (Å²) in [6, 6.07) is 27.8. The topological polar surface area (TPSA) is 69.2 Å². The highest BCUT2D eigenvalue weighted by Gasteiger charge is 2.11. The number of esters is 1. The molecule has 0 amide bonds. The summed E-state index contributed by atoms with van der Waals surface area (Å²) in [5, 5.41) is 11.0. The molecule has 0 bridgehead atoms. The van der Waals surface area contributed by atoms with Gasteiger partial charge >= 0.3 is 5.97 Å². The van der Waals surface area contributed by atoms with Crippen molar-refractivity contribution in [3.8, 4) is 0 Å². The van der Waals surface area contributed by atoms with E-state index in [9.17, 15) is 4.79 Å². The van der Waals surface area contributed by atoms with E-state index in [0.29, 0.717) is 19.7 Å². The van der Waals surface area contributed by atoms with E-state index in [1.54, 1.807) is 6.21 Å². The summed E-state index contributed by atoms with van der Waals surface area (Å²) in [5.41, 5.74) is 4.04. The monoisotopic (exact) mass is 400 g/mol. The number of carbonyl (C=O) groups excluding carboxylic acids is 1. The fourth-order valence-electron chi connectivity index (χ4n) is 2.86. The van der Waals surface area contributed by atoms with Crippen LogP contribution in [0.4, 0.5) is 0 Å². The molecule has 4 rings (SSSR count). The van der Waals surface area contributed by atoms with Crippen LogP contribution in [0, 0.1) is 0 Å². The van der Waals surface area contributed by atoms with E-state index >= 15 is 0 Å². The molecule has 1 aromatic heterocycles. The molecule has 3 aromatic carbocycles. The van der Waals surface area contributed by atoms with Gasteiger partial charge in [0, 0.05) is 11.1 Å². The third-order valence-corrected chi connectivity index (χ3v) is 4.22. The Morgan fingerprint density at radius 1 is 0.833 bits per heavy atom. The summed E-state index contributed by atoms with van der Waals surface area (Å²) < 4.78 is 6.99. The summed E-state index contributed by atoms with van der Waals surface area (Å²) in [6.45, 7) is 3.55. The fraction of sp³-hybridized carbons (Fsp3) is 0.167. The number of carbonyl (C=O) groups is 1. The summed E-state index contributed by atoms with van der Waals surface area (Å²) >= 11 is 0. The molecule has 0 spiro atoms. The molecule has 0 aliphatic rings. The molecule has 0 saturated carbocycles. The highest BCUT2D eigenvalue weighted by atomic mass is 16.5. The average Bonchev–Trinajstić information content (AvgIpc) is 3.25. The standard InChI is InChI=1S/C18H20NO2.C6H4N3/c1-2-21-18(20)15-19(13-16-9-5-3-6-10-16)14-17-11-7-4-8-12-17;1-2-4-6-5(3-1)7-9-8-6/h3-12,15H,2,13-14H2,1H3;1-4H/q+1;-1. The van der Waals surface area contributed by atoms with Gasteiger partial charge in [-0.15, -0.1) is 0 Å². The predicted octanol–water partition coefficient (Wildman–Crippen LogP) is 3.62. The molecule has 1 heterocycles. The number of rotatable bonds is 6. The lowest BCUT2D eigenvalue weighted by molar-refractivity contribution is -0.555. The van der Waals surface area contributed by atoms with E-state index in [0.717, 1.165) is 22.2 Å². The summed E-state index contributed by atoms with van der Waals surface area (Å²) in [7, 11) is 0. The van der Waals surface area contributed by atoms with Crippen molar-refractivity contribution in [3.05, 3.63) is 96.1 Å². The number of hydrogen-bond donors (Lipinski definition) is 0. The Balaban J connectivity index is 0.000000234. The highest BCUT2D eigenvalue weighted by molar-refractivity contribution is 6.20. The second-order valence-corrected chi connectivity index (χ2v) is 6.54. The van der Waals surface area contributed by atoms with Crippen LogP contribution in [0.3, 0.4) is 0 Å². The Bertz CT molecular complexity index is 1000. The lowest BCUT2D eigenvalue weighted by atomic mass is 10.2. The van der Waals surface area contributed by atoms with Gasteiger partial charge in [0.25, 0.3) is 0 Å². The van der Waals surface area contributed by atoms with Gasteiger partial charge in [0.1, 0.15) is 0 Å². The van der Waals surface area contributed by atoms with Gasteiger partial charge in [-0.05, 0) is 19.1 Å². The number of nitrogens with zero attached hydrogens (tertiary/aromatic N) is 4. The van der Waals surface area contributed by atoms with Crippen LogP contribution in [0.15, 0.2) is 84.9 Å². The number of aromatic nitrogens is 3. The smallest absolute Gasteiger partial charge is 0.395 e. The van der Waals surface area contributed by atoms with Crippen LogP contribution >= 0.6 is 0 Å². The van der Waals surface area contributed by atoms with Crippen molar-refractivity contribution in [2.24, 2.45) is 0 Å². The highest BCUT2D eigenvalue weighted by Crippen LogP contribution is 2.06. The van der Waals surface area contributed by atoms with Gasteiger partial charge < -0.3 is 20.1 Å². The van der Waals surface area contributed by atoms with Gasteiger partial charge in [-0.25, -0.2) is 9.37 Å². The lowest BCUT2D eigenvalue weighted by Crippen LogP contribution is -2.19. The quantitative estimate of drug-likeness (QED) is 0.281. The first-order chi connectivity index (χ1) is 14.7. The van der Waals surface area contributed by atoms with Crippen molar-refractivity contribution in [1.29, 1.82) is 0 Å². The minimum atomic E-state index is -0.302. The van der Waals surface area contributed by atoms with Crippen LogP contribution in [0.1, 0.15) is 18.1 Å². The third kappa shape index (κ3) is 6.67. The molecular weight excluding hydrogens is 376 g/mol. The van der Waals surface area contributed by atoms with Gasteiger partial charge in [0.2, 0.25) is 6.21 Å². The summed E-state index contributed by atoms with van der Waals surface area (Å²) in [6.07, 6.45) is 1.55. The molecule has 0 saturated heterocycles. The Morgan fingerprint density at radius 2 is 1.30 bits per heavy atom. The largest absolute Gasteiger partial charge is 0.492 e. The van der Waals surface area contributed by atoms with Gasteiger partial charge in [-0.2, -0.15) is 0 Å². The average molecular weight is 400 g/mol. The molecule has 0 fully saturated rings. The van der Waals surface area contributed by atoms with E-state index in [2.05, 4.69) is 39.7 Å². The van der Waals surface area contributed by atoms with E-state index < -0.39 is 0 Å². The molecule has 0 radical (unpaired) electrons. The first-order valence-electron chi connectivity index (χ1n) is 9.79. The van der Waals surface area contributed by atoms with Crippen LogP contribution in [0.25, 0.3) is 11.0 Å². The molecule has 0 aliphatic heterocycles. The van der Waals surface area contributed by atoms with Gasteiger partial charge in [0.05, 0.1) is 17.6 Å². The number of hydrogen-bond acceptors (Lipinski definition) is 4. The van der Waals surface area contributed by atoms with E-state index in [-0.39, 0.29) is 5.97 Å². The molecular formula is C24H24N4O2. The maximum absolute atomic E-state index is 11.7. The minimum absolute atomic E-state index is 0.302. The molecule has 0 N–H and O–H groups in total.